The minimum atomic E-state index is -1.03. The fraction of sp³-hybridized carbons (Fsp3) is 0.136. The third-order valence-corrected chi connectivity index (χ3v) is 4.87. The molecule has 0 aromatic heterocycles. The summed E-state index contributed by atoms with van der Waals surface area (Å²) in [4.78, 5) is 13.3. The second-order valence-corrected chi connectivity index (χ2v) is 6.78. The van der Waals surface area contributed by atoms with Crippen LogP contribution in [0.3, 0.4) is 0 Å². The minimum absolute atomic E-state index is 0.0529. The summed E-state index contributed by atoms with van der Waals surface area (Å²) in [5.74, 6) is -3.02. The van der Waals surface area contributed by atoms with Crippen LogP contribution >= 0.6 is 0 Å². The molecule has 3 aromatic carbocycles. The summed E-state index contributed by atoms with van der Waals surface area (Å²) < 4.78 is 0. The quantitative estimate of drug-likeness (QED) is 0.363. The number of hydrogen-bond donors (Lipinski definition) is 6. The Bertz CT molecular complexity index is 1090. The van der Waals surface area contributed by atoms with Gasteiger partial charge in [0, 0.05) is 23.3 Å². The molecule has 1 unspecified atom stereocenters. The Kier molecular flexibility index (Phi) is 5.23. The van der Waals surface area contributed by atoms with Crippen molar-refractivity contribution in [3.8, 4) is 34.5 Å². The number of carbonyl (C=O) groups excluding carboxylic acids is 1. The lowest BCUT2D eigenvalue weighted by Gasteiger charge is -2.20. The first-order valence-corrected chi connectivity index (χ1v) is 8.77. The number of Topliss-reactive ketones (excluding diaryl/α,β-unsaturated/α-hetero) is 1. The van der Waals surface area contributed by atoms with Gasteiger partial charge in [0.1, 0.15) is 34.5 Å². The smallest absolute Gasteiger partial charge is 0.174 e. The normalized spacial score (nSPS) is 11.9. The Morgan fingerprint density at radius 1 is 0.793 bits per heavy atom. The molecule has 29 heavy (non-hydrogen) atoms. The summed E-state index contributed by atoms with van der Waals surface area (Å²) in [6, 6.07) is 10.3. The Hall–Kier alpha value is -3.87. The van der Waals surface area contributed by atoms with E-state index in [4.69, 9.17) is 0 Å². The summed E-state index contributed by atoms with van der Waals surface area (Å²) in [6.45, 7) is 1.46. The van der Waals surface area contributed by atoms with Gasteiger partial charge in [-0.2, -0.15) is 0 Å². The SMILES string of the molecule is Cc1c(O)ccc(C(=O)C(Cc2ccc(O)cc2O)c2ccc(O)cc2O)c1O. The third-order valence-electron chi connectivity index (χ3n) is 4.87. The molecule has 0 aliphatic heterocycles. The monoisotopic (exact) mass is 396 g/mol. The fourth-order valence-corrected chi connectivity index (χ4v) is 3.19. The number of ketones is 1. The van der Waals surface area contributed by atoms with Crippen molar-refractivity contribution in [2.45, 2.75) is 19.3 Å². The number of benzene rings is 3. The molecule has 7 nitrogen and oxygen atoms in total. The lowest BCUT2D eigenvalue weighted by atomic mass is 9.84. The van der Waals surface area contributed by atoms with Crippen molar-refractivity contribution in [1.82, 2.24) is 0 Å². The molecular weight excluding hydrogens is 376 g/mol. The third kappa shape index (κ3) is 3.89. The molecule has 1 atom stereocenters. The zero-order valence-electron chi connectivity index (χ0n) is 15.5. The Labute approximate surface area is 166 Å². The van der Waals surface area contributed by atoms with Gasteiger partial charge in [-0.15, -0.1) is 0 Å². The van der Waals surface area contributed by atoms with Gasteiger partial charge < -0.3 is 30.6 Å². The first-order chi connectivity index (χ1) is 13.7. The Morgan fingerprint density at radius 3 is 2.03 bits per heavy atom. The van der Waals surface area contributed by atoms with E-state index in [1.807, 2.05) is 0 Å². The highest BCUT2D eigenvalue weighted by Gasteiger charge is 2.29. The van der Waals surface area contributed by atoms with Crippen LogP contribution in [0.5, 0.6) is 34.5 Å². The van der Waals surface area contributed by atoms with Crippen LogP contribution in [0.2, 0.25) is 0 Å². The number of phenols is 6. The van der Waals surface area contributed by atoms with E-state index >= 15 is 0 Å². The van der Waals surface area contributed by atoms with Crippen LogP contribution in [0.25, 0.3) is 0 Å². The Morgan fingerprint density at radius 2 is 1.41 bits per heavy atom. The van der Waals surface area contributed by atoms with E-state index in [0.29, 0.717) is 5.56 Å². The maximum atomic E-state index is 13.3. The lowest BCUT2D eigenvalue weighted by Crippen LogP contribution is -2.16. The molecule has 0 saturated carbocycles. The summed E-state index contributed by atoms with van der Waals surface area (Å²) in [7, 11) is 0. The van der Waals surface area contributed by atoms with E-state index in [-0.39, 0.29) is 57.6 Å². The van der Waals surface area contributed by atoms with Crippen LogP contribution in [0.15, 0.2) is 48.5 Å². The topological polar surface area (TPSA) is 138 Å². The first kappa shape index (κ1) is 19.9. The second kappa shape index (κ2) is 7.63. The number of phenolic OH excluding ortho intramolecular Hbond substituents is 6. The van der Waals surface area contributed by atoms with E-state index in [0.717, 1.165) is 12.1 Å². The molecule has 0 spiro atoms. The average molecular weight is 396 g/mol. The van der Waals surface area contributed by atoms with Gasteiger partial charge in [-0.1, -0.05) is 12.1 Å². The van der Waals surface area contributed by atoms with Crippen LogP contribution < -0.4 is 0 Å². The van der Waals surface area contributed by atoms with Gasteiger partial charge in [0.25, 0.3) is 0 Å². The maximum Gasteiger partial charge on any atom is 0.174 e. The second-order valence-electron chi connectivity index (χ2n) is 6.78. The van der Waals surface area contributed by atoms with Crippen molar-refractivity contribution in [3.05, 3.63) is 70.8 Å². The molecule has 0 saturated heterocycles. The Balaban J connectivity index is 2.12. The molecule has 0 fully saturated rings. The van der Waals surface area contributed by atoms with Crippen molar-refractivity contribution in [3.63, 3.8) is 0 Å². The largest absolute Gasteiger partial charge is 0.508 e. The molecule has 0 heterocycles. The van der Waals surface area contributed by atoms with Crippen molar-refractivity contribution >= 4 is 5.78 Å². The van der Waals surface area contributed by atoms with Gasteiger partial charge in [0.2, 0.25) is 0 Å². The molecular formula is C22H20O7. The van der Waals surface area contributed by atoms with Gasteiger partial charge in [-0.3, -0.25) is 4.79 Å². The van der Waals surface area contributed by atoms with E-state index in [9.17, 15) is 35.4 Å². The molecule has 0 radical (unpaired) electrons. The number of rotatable bonds is 5. The van der Waals surface area contributed by atoms with Crippen molar-refractivity contribution in [1.29, 1.82) is 0 Å². The highest BCUT2D eigenvalue weighted by atomic mass is 16.3. The predicted molar refractivity (Wildman–Crippen MR) is 105 cm³/mol. The van der Waals surface area contributed by atoms with E-state index < -0.39 is 11.7 Å². The number of carbonyl (C=O) groups is 1. The van der Waals surface area contributed by atoms with E-state index in [2.05, 4.69) is 0 Å². The van der Waals surface area contributed by atoms with Gasteiger partial charge in [-0.25, -0.2) is 0 Å². The summed E-state index contributed by atoms with van der Waals surface area (Å²) in [5.41, 5.74) is 0.599. The van der Waals surface area contributed by atoms with E-state index in [1.54, 1.807) is 0 Å². The molecule has 7 heteroatoms. The van der Waals surface area contributed by atoms with Crippen LogP contribution in [0.1, 0.15) is 33.0 Å². The number of aromatic hydroxyl groups is 6. The van der Waals surface area contributed by atoms with Crippen LogP contribution in [-0.2, 0) is 6.42 Å². The molecule has 0 bridgehead atoms. The molecule has 0 aliphatic carbocycles. The number of hydrogen-bond acceptors (Lipinski definition) is 7. The molecule has 150 valence electrons. The first-order valence-electron chi connectivity index (χ1n) is 8.77. The predicted octanol–water partition coefficient (Wildman–Crippen LogP) is 3.44. The summed E-state index contributed by atoms with van der Waals surface area (Å²) >= 11 is 0. The highest BCUT2D eigenvalue weighted by Crippen LogP contribution is 2.39. The summed E-state index contributed by atoms with van der Waals surface area (Å²) in [6.07, 6.45) is -0.0529. The molecule has 3 rings (SSSR count). The summed E-state index contributed by atoms with van der Waals surface area (Å²) in [5, 5.41) is 59.6. The minimum Gasteiger partial charge on any atom is -0.508 e. The molecule has 6 N–H and O–H groups in total. The highest BCUT2D eigenvalue weighted by molar-refractivity contribution is 6.04. The molecule has 0 aliphatic rings. The van der Waals surface area contributed by atoms with Crippen LogP contribution in [0, 0.1) is 6.92 Å². The van der Waals surface area contributed by atoms with Crippen molar-refractivity contribution in [2.24, 2.45) is 0 Å². The van der Waals surface area contributed by atoms with Crippen molar-refractivity contribution in [2.75, 3.05) is 0 Å². The lowest BCUT2D eigenvalue weighted by molar-refractivity contribution is 0.0954. The zero-order chi connectivity index (χ0) is 21.3. The molecule has 0 amide bonds. The van der Waals surface area contributed by atoms with Gasteiger partial charge in [0.05, 0.1) is 11.5 Å². The van der Waals surface area contributed by atoms with Crippen molar-refractivity contribution < 1.29 is 35.4 Å². The van der Waals surface area contributed by atoms with Gasteiger partial charge in [-0.05, 0) is 43.2 Å². The van der Waals surface area contributed by atoms with Gasteiger partial charge in [0.15, 0.2) is 5.78 Å². The zero-order valence-corrected chi connectivity index (χ0v) is 15.5. The fourth-order valence-electron chi connectivity index (χ4n) is 3.19. The van der Waals surface area contributed by atoms with Crippen LogP contribution in [0.4, 0.5) is 0 Å². The van der Waals surface area contributed by atoms with Crippen LogP contribution in [-0.4, -0.2) is 36.4 Å². The standard InChI is InChI=1S/C22H20O7/c1-11-18(25)7-6-16(21(11)28)22(29)17(15-5-4-14(24)10-20(15)27)8-12-2-3-13(23)9-19(12)26/h2-7,9-10,17,23-28H,8H2,1H3. The average Bonchev–Trinajstić information content (AvgIpc) is 2.66. The van der Waals surface area contributed by atoms with E-state index in [1.165, 1.54) is 43.3 Å². The van der Waals surface area contributed by atoms with Gasteiger partial charge >= 0.3 is 0 Å². The molecule has 3 aromatic rings. The maximum absolute atomic E-state index is 13.3.